The largest absolute Gasteiger partial charge is 0.497 e. The van der Waals surface area contributed by atoms with Crippen LogP contribution in [0.5, 0.6) is 11.5 Å². The molecule has 0 saturated carbocycles. The third-order valence-electron chi connectivity index (χ3n) is 5.58. The average molecular weight is 475 g/mol. The molecule has 1 heterocycles. The first-order valence-electron chi connectivity index (χ1n) is 11.1. The molecule has 186 valence electrons. The SMILES string of the molecule is C=CCO[C@@H]1O[C@H](COCc2ccc(OC)cc2)[C@H](OC)[C@H](OCc2ccc(OC)cc2)[C@H]1O. The van der Waals surface area contributed by atoms with Gasteiger partial charge in [-0.15, -0.1) is 6.58 Å². The highest BCUT2D eigenvalue weighted by molar-refractivity contribution is 5.27. The van der Waals surface area contributed by atoms with E-state index in [0.29, 0.717) is 6.61 Å². The summed E-state index contributed by atoms with van der Waals surface area (Å²) < 4.78 is 39.8. The summed E-state index contributed by atoms with van der Waals surface area (Å²) in [4.78, 5) is 0. The third kappa shape index (κ3) is 7.02. The second-order valence-corrected chi connectivity index (χ2v) is 7.84. The van der Waals surface area contributed by atoms with Crippen molar-refractivity contribution in [1.29, 1.82) is 0 Å². The summed E-state index contributed by atoms with van der Waals surface area (Å²) in [6.07, 6.45) is -2.12. The molecule has 0 unspecified atom stereocenters. The smallest absolute Gasteiger partial charge is 0.187 e. The van der Waals surface area contributed by atoms with Crippen molar-refractivity contribution in [2.75, 3.05) is 34.5 Å². The van der Waals surface area contributed by atoms with Crippen molar-refractivity contribution in [3.05, 3.63) is 72.3 Å². The number of aliphatic hydroxyl groups excluding tert-OH is 1. The summed E-state index contributed by atoms with van der Waals surface area (Å²) in [5.74, 6) is 1.54. The minimum absolute atomic E-state index is 0.226. The predicted octanol–water partition coefficient (Wildman–Crippen LogP) is 3.11. The average Bonchev–Trinajstić information content (AvgIpc) is 2.88. The zero-order valence-corrected chi connectivity index (χ0v) is 19.9. The van der Waals surface area contributed by atoms with Gasteiger partial charge in [-0.05, 0) is 35.4 Å². The molecule has 8 heteroatoms. The summed E-state index contributed by atoms with van der Waals surface area (Å²) in [5, 5.41) is 10.9. The van der Waals surface area contributed by atoms with Crippen LogP contribution in [0.15, 0.2) is 61.2 Å². The van der Waals surface area contributed by atoms with Crippen LogP contribution in [-0.4, -0.2) is 70.4 Å². The third-order valence-corrected chi connectivity index (χ3v) is 5.58. The van der Waals surface area contributed by atoms with Gasteiger partial charge in [-0.2, -0.15) is 0 Å². The second kappa shape index (κ2) is 13.4. The van der Waals surface area contributed by atoms with Gasteiger partial charge in [0.1, 0.15) is 35.9 Å². The molecule has 0 aliphatic carbocycles. The van der Waals surface area contributed by atoms with Gasteiger partial charge < -0.3 is 38.3 Å². The summed E-state index contributed by atoms with van der Waals surface area (Å²) in [5.41, 5.74) is 1.93. The van der Waals surface area contributed by atoms with Crippen LogP contribution in [0.1, 0.15) is 11.1 Å². The van der Waals surface area contributed by atoms with Crippen LogP contribution in [0.2, 0.25) is 0 Å². The van der Waals surface area contributed by atoms with E-state index in [9.17, 15) is 5.11 Å². The lowest BCUT2D eigenvalue weighted by atomic mass is 9.98. The molecular weight excluding hydrogens is 440 g/mol. The lowest BCUT2D eigenvalue weighted by Crippen LogP contribution is -2.60. The van der Waals surface area contributed by atoms with Crippen LogP contribution >= 0.6 is 0 Å². The standard InChI is InChI=1S/C26H34O8/c1-5-14-32-26-23(27)25(33-16-19-8-12-21(29-3)13-9-19)24(30-4)22(34-26)17-31-15-18-6-10-20(28-2)11-7-18/h5-13,22-27H,1,14-17H2,2-4H3/t22-,23-,24+,25-,26-/m1/s1. The number of benzene rings is 2. The van der Waals surface area contributed by atoms with Gasteiger partial charge in [-0.1, -0.05) is 30.3 Å². The molecule has 0 spiro atoms. The Morgan fingerprint density at radius 1 is 0.853 bits per heavy atom. The molecular formula is C26H34O8. The summed E-state index contributed by atoms with van der Waals surface area (Å²) in [6, 6.07) is 15.2. The highest BCUT2D eigenvalue weighted by Crippen LogP contribution is 2.28. The van der Waals surface area contributed by atoms with Crippen LogP contribution < -0.4 is 9.47 Å². The van der Waals surface area contributed by atoms with Gasteiger partial charge in [-0.3, -0.25) is 0 Å². The van der Waals surface area contributed by atoms with Crippen molar-refractivity contribution < 1.29 is 38.3 Å². The van der Waals surface area contributed by atoms with E-state index in [1.165, 1.54) is 0 Å². The number of ether oxygens (including phenoxy) is 7. The Bertz CT molecular complexity index is 854. The summed E-state index contributed by atoms with van der Waals surface area (Å²) >= 11 is 0. The molecule has 0 bridgehead atoms. The van der Waals surface area contributed by atoms with Crippen LogP contribution in [0.25, 0.3) is 0 Å². The van der Waals surface area contributed by atoms with Crippen molar-refractivity contribution in [3.8, 4) is 11.5 Å². The van der Waals surface area contributed by atoms with E-state index >= 15 is 0 Å². The van der Waals surface area contributed by atoms with E-state index in [1.807, 2.05) is 48.5 Å². The zero-order chi connectivity index (χ0) is 24.3. The predicted molar refractivity (Wildman–Crippen MR) is 126 cm³/mol. The molecule has 34 heavy (non-hydrogen) atoms. The van der Waals surface area contributed by atoms with E-state index in [-0.39, 0.29) is 19.8 Å². The van der Waals surface area contributed by atoms with Gasteiger partial charge >= 0.3 is 0 Å². The zero-order valence-electron chi connectivity index (χ0n) is 19.9. The molecule has 0 aromatic heterocycles. The van der Waals surface area contributed by atoms with E-state index in [4.69, 9.17) is 33.2 Å². The Labute approximate surface area is 200 Å². The molecule has 1 aliphatic rings. The van der Waals surface area contributed by atoms with Gasteiger partial charge in [0.15, 0.2) is 6.29 Å². The second-order valence-electron chi connectivity index (χ2n) is 7.84. The van der Waals surface area contributed by atoms with Gasteiger partial charge in [-0.25, -0.2) is 0 Å². The van der Waals surface area contributed by atoms with Gasteiger partial charge in [0.2, 0.25) is 0 Å². The quantitative estimate of drug-likeness (QED) is 0.444. The van der Waals surface area contributed by atoms with Gasteiger partial charge in [0, 0.05) is 7.11 Å². The fourth-order valence-corrected chi connectivity index (χ4v) is 3.73. The molecule has 0 radical (unpaired) electrons. The van der Waals surface area contributed by atoms with Crippen LogP contribution in [0, 0.1) is 0 Å². The lowest BCUT2D eigenvalue weighted by Gasteiger charge is -2.43. The normalized spacial score (nSPS) is 24.5. The Morgan fingerprint density at radius 2 is 1.44 bits per heavy atom. The van der Waals surface area contributed by atoms with Crippen LogP contribution in [0.4, 0.5) is 0 Å². The Kier molecular flexibility index (Phi) is 10.3. The Morgan fingerprint density at radius 3 is 1.97 bits per heavy atom. The van der Waals surface area contributed by atoms with Crippen LogP contribution in [-0.2, 0) is 36.9 Å². The van der Waals surface area contributed by atoms with Crippen molar-refractivity contribution in [2.24, 2.45) is 0 Å². The highest BCUT2D eigenvalue weighted by Gasteiger charge is 2.47. The summed E-state index contributed by atoms with van der Waals surface area (Å²) in [6.45, 7) is 4.78. The number of aliphatic hydroxyl groups is 1. The fraction of sp³-hybridized carbons (Fsp3) is 0.462. The van der Waals surface area contributed by atoms with Gasteiger partial charge in [0.05, 0.1) is 40.6 Å². The van der Waals surface area contributed by atoms with E-state index in [0.717, 1.165) is 22.6 Å². The van der Waals surface area contributed by atoms with E-state index in [1.54, 1.807) is 27.4 Å². The topological polar surface area (TPSA) is 84.8 Å². The summed E-state index contributed by atoms with van der Waals surface area (Å²) in [7, 11) is 4.81. The Hall–Kier alpha value is -2.46. The fourth-order valence-electron chi connectivity index (χ4n) is 3.73. The van der Waals surface area contributed by atoms with Gasteiger partial charge in [0.25, 0.3) is 0 Å². The van der Waals surface area contributed by atoms with Crippen molar-refractivity contribution in [3.63, 3.8) is 0 Å². The maximum absolute atomic E-state index is 10.9. The molecule has 2 aromatic carbocycles. The number of methoxy groups -OCH3 is 3. The molecule has 1 saturated heterocycles. The number of rotatable bonds is 13. The molecule has 5 atom stereocenters. The monoisotopic (exact) mass is 474 g/mol. The van der Waals surface area contributed by atoms with Crippen molar-refractivity contribution >= 4 is 0 Å². The molecule has 1 N–H and O–H groups in total. The molecule has 2 aromatic rings. The lowest BCUT2D eigenvalue weighted by molar-refractivity contribution is -0.312. The maximum Gasteiger partial charge on any atom is 0.187 e. The molecule has 0 amide bonds. The number of hydrogen-bond donors (Lipinski definition) is 1. The number of hydrogen-bond acceptors (Lipinski definition) is 8. The molecule has 1 fully saturated rings. The van der Waals surface area contributed by atoms with Crippen molar-refractivity contribution in [2.45, 2.75) is 43.9 Å². The first-order chi connectivity index (χ1) is 16.6. The minimum atomic E-state index is -1.05. The van der Waals surface area contributed by atoms with E-state index < -0.39 is 30.7 Å². The highest BCUT2D eigenvalue weighted by atomic mass is 16.7. The van der Waals surface area contributed by atoms with Crippen LogP contribution in [0.3, 0.4) is 0 Å². The first-order valence-corrected chi connectivity index (χ1v) is 11.1. The molecule has 1 aliphatic heterocycles. The molecule has 3 rings (SSSR count). The maximum atomic E-state index is 10.9. The minimum Gasteiger partial charge on any atom is -0.497 e. The Balaban J connectivity index is 1.65. The van der Waals surface area contributed by atoms with Crippen molar-refractivity contribution in [1.82, 2.24) is 0 Å². The molecule has 8 nitrogen and oxygen atoms in total. The van der Waals surface area contributed by atoms with E-state index in [2.05, 4.69) is 6.58 Å². The first kappa shape index (κ1) is 26.2.